The number of benzene rings is 4. The lowest BCUT2D eigenvalue weighted by atomic mass is 9.97. The van der Waals surface area contributed by atoms with Gasteiger partial charge < -0.3 is 20.4 Å². The molecule has 0 spiro atoms. The Labute approximate surface area is 237 Å². The van der Waals surface area contributed by atoms with E-state index in [1.54, 1.807) is 27.7 Å². The quantitative estimate of drug-likeness (QED) is 0.211. The second-order valence-electron chi connectivity index (χ2n) is 10.6. The largest absolute Gasteiger partial charge is 0.507 e. The van der Waals surface area contributed by atoms with Gasteiger partial charge in [-0.05, 0) is 142 Å². The van der Waals surface area contributed by atoms with Crippen LogP contribution < -0.4 is 0 Å². The highest BCUT2D eigenvalue weighted by atomic mass is 32.2. The summed E-state index contributed by atoms with van der Waals surface area (Å²) >= 11 is 0. The van der Waals surface area contributed by atoms with Crippen LogP contribution in [0.15, 0.2) is 58.3 Å². The van der Waals surface area contributed by atoms with E-state index in [2.05, 4.69) is 0 Å². The average molecular weight is 563 g/mol. The monoisotopic (exact) mass is 562 g/mol. The van der Waals surface area contributed by atoms with Gasteiger partial charge in [0.25, 0.3) is 0 Å². The van der Waals surface area contributed by atoms with Crippen LogP contribution in [-0.2, 0) is 16.3 Å². The van der Waals surface area contributed by atoms with E-state index in [1.807, 2.05) is 52.0 Å². The van der Waals surface area contributed by atoms with Crippen molar-refractivity contribution >= 4 is 9.84 Å². The Morgan fingerprint density at radius 2 is 0.625 bits per heavy atom. The SMILES string of the molecule is Cc1cc(Cc2cc(C)c(O)c(C)c2)cc(C)c1O.Cc1cc(S(=O)(=O)c2cc(C)c(O)c(C)c2)cc(C)c1O. The number of aromatic hydroxyl groups is 4. The van der Waals surface area contributed by atoms with Gasteiger partial charge >= 0.3 is 0 Å². The first-order valence-corrected chi connectivity index (χ1v) is 14.4. The van der Waals surface area contributed by atoms with Crippen molar-refractivity contribution in [2.24, 2.45) is 0 Å². The van der Waals surface area contributed by atoms with Crippen LogP contribution in [-0.4, -0.2) is 28.8 Å². The summed E-state index contributed by atoms with van der Waals surface area (Å²) in [7, 11) is -3.68. The number of hydrogen-bond donors (Lipinski definition) is 4. The predicted molar refractivity (Wildman–Crippen MR) is 159 cm³/mol. The molecule has 0 radical (unpaired) electrons. The Morgan fingerprint density at radius 3 is 0.850 bits per heavy atom. The van der Waals surface area contributed by atoms with Crippen LogP contribution in [0.1, 0.15) is 55.6 Å². The third-order valence-electron chi connectivity index (χ3n) is 7.06. The van der Waals surface area contributed by atoms with Crippen LogP contribution in [0.25, 0.3) is 0 Å². The maximum atomic E-state index is 12.7. The van der Waals surface area contributed by atoms with Crippen molar-refractivity contribution in [2.45, 2.75) is 71.6 Å². The Morgan fingerprint density at radius 1 is 0.425 bits per heavy atom. The van der Waals surface area contributed by atoms with Crippen molar-refractivity contribution in [2.75, 3.05) is 0 Å². The van der Waals surface area contributed by atoms with E-state index in [-0.39, 0.29) is 21.3 Å². The Hall–Kier alpha value is -3.97. The minimum atomic E-state index is -3.68. The molecule has 4 aromatic rings. The molecule has 4 rings (SSSR count). The zero-order valence-corrected chi connectivity index (χ0v) is 25.2. The molecule has 0 aliphatic rings. The summed E-state index contributed by atoms with van der Waals surface area (Å²) in [5.41, 5.74) is 8.03. The zero-order valence-electron chi connectivity index (χ0n) is 24.3. The summed E-state index contributed by atoms with van der Waals surface area (Å²) in [6.45, 7) is 14.3. The summed E-state index contributed by atoms with van der Waals surface area (Å²) in [6, 6.07) is 13.9. The number of aryl methyl sites for hydroxylation is 8. The third-order valence-corrected chi connectivity index (χ3v) is 8.77. The Kier molecular flexibility index (Phi) is 8.90. The fraction of sp³-hybridized carbons (Fsp3) is 0.273. The molecule has 0 aromatic heterocycles. The van der Waals surface area contributed by atoms with Gasteiger partial charge in [-0.2, -0.15) is 0 Å². The number of rotatable bonds is 4. The number of hydrogen-bond acceptors (Lipinski definition) is 6. The minimum absolute atomic E-state index is 0.104. The highest BCUT2D eigenvalue weighted by Gasteiger charge is 2.21. The van der Waals surface area contributed by atoms with Crippen LogP contribution in [0.4, 0.5) is 0 Å². The van der Waals surface area contributed by atoms with E-state index >= 15 is 0 Å². The van der Waals surface area contributed by atoms with Gasteiger partial charge in [-0.25, -0.2) is 8.42 Å². The maximum absolute atomic E-state index is 12.7. The summed E-state index contributed by atoms with van der Waals surface area (Å²) in [6.07, 6.45) is 0.809. The summed E-state index contributed by atoms with van der Waals surface area (Å²) in [4.78, 5) is 0.277. The highest BCUT2D eigenvalue weighted by molar-refractivity contribution is 7.91. The topological polar surface area (TPSA) is 115 Å². The van der Waals surface area contributed by atoms with Crippen molar-refractivity contribution in [3.05, 3.63) is 104 Å². The van der Waals surface area contributed by atoms with Crippen molar-refractivity contribution in [1.82, 2.24) is 0 Å². The molecule has 0 heterocycles. The molecule has 0 amide bonds. The van der Waals surface area contributed by atoms with Crippen molar-refractivity contribution in [3.63, 3.8) is 0 Å². The lowest BCUT2D eigenvalue weighted by Crippen LogP contribution is -2.04. The maximum Gasteiger partial charge on any atom is 0.206 e. The molecule has 6 nitrogen and oxygen atoms in total. The van der Waals surface area contributed by atoms with Crippen molar-refractivity contribution in [1.29, 1.82) is 0 Å². The molecular weight excluding hydrogens is 524 g/mol. The molecular formula is C33H38O6S. The molecule has 0 bridgehead atoms. The second kappa shape index (κ2) is 11.6. The molecule has 0 aliphatic heterocycles. The van der Waals surface area contributed by atoms with Crippen molar-refractivity contribution in [3.8, 4) is 23.0 Å². The fourth-order valence-electron chi connectivity index (χ4n) is 4.81. The van der Waals surface area contributed by atoms with Crippen LogP contribution in [0.2, 0.25) is 0 Å². The van der Waals surface area contributed by atoms with Gasteiger partial charge in [0.15, 0.2) is 0 Å². The van der Waals surface area contributed by atoms with E-state index in [0.29, 0.717) is 33.8 Å². The van der Waals surface area contributed by atoms with Crippen LogP contribution in [0.5, 0.6) is 23.0 Å². The molecule has 0 saturated heterocycles. The number of phenolic OH excluding ortho intramolecular Hbond substituents is 4. The van der Waals surface area contributed by atoms with Gasteiger partial charge in [0.1, 0.15) is 23.0 Å². The van der Waals surface area contributed by atoms with Gasteiger partial charge in [-0.1, -0.05) is 24.3 Å². The first-order valence-electron chi connectivity index (χ1n) is 13.0. The van der Waals surface area contributed by atoms with Crippen molar-refractivity contribution < 1.29 is 28.8 Å². The van der Waals surface area contributed by atoms with Gasteiger partial charge in [0, 0.05) is 0 Å². The molecule has 0 fully saturated rings. The molecule has 40 heavy (non-hydrogen) atoms. The third kappa shape index (κ3) is 6.42. The van der Waals surface area contributed by atoms with E-state index in [4.69, 9.17) is 0 Å². The van der Waals surface area contributed by atoms with E-state index in [1.165, 1.54) is 35.4 Å². The smallest absolute Gasteiger partial charge is 0.206 e. The lowest BCUT2D eigenvalue weighted by Gasteiger charge is -2.11. The summed E-state index contributed by atoms with van der Waals surface area (Å²) in [5, 5.41) is 39.1. The van der Waals surface area contributed by atoms with Gasteiger partial charge in [0.2, 0.25) is 9.84 Å². The van der Waals surface area contributed by atoms with E-state index in [9.17, 15) is 28.8 Å². The molecule has 4 aromatic carbocycles. The Bertz CT molecular complexity index is 1490. The summed E-state index contributed by atoms with van der Waals surface area (Å²) < 4.78 is 25.4. The first-order chi connectivity index (χ1) is 18.5. The predicted octanol–water partition coefficient (Wildman–Crippen LogP) is 7.09. The van der Waals surface area contributed by atoms with Crippen LogP contribution >= 0.6 is 0 Å². The first kappa shape index (κ1) is 30.6. The van der Waals surface area contributed by atoms with Gasteiger partial charge in [-0.15, -0.1) is 0 Å². The standard InChI is InChI=1S/C17H20O2.C16H18O4S/c1-10-5-14(6-11(2)16(10)18)9-15-7-12(3)17(19)13(4)8-15;1-9-5-13(6-10(2)15(9)17)21(19,20)14-7-11(3)16(18)12(4)8-14/h5-8,18-19H,9H2,1-4H3;5-8,17-18H,1-4H3. The van der Waals surface area contributed by atoms with Gasteiger partial charge in [-0.3, -0.25) is 0 Å². The molecule has 212 valence electrons. The molecule has 7 heteroatoms. The number of phenols is 4. The lowest BCUT2D eigenvalue weighted by molar-refractivity contribution is 0.465. The normalized spacial score (nSPS) is 11.2. The van der Waals surface area contributed by atoms with E-state index in [0.717, 1.165) is 28.7 Å². The minimum Gasteiger partial charge on any atom is -0.507 e. The highest BCUT2D eigenvalue weighted by Crippen LogP contribution is 2.32. The number of sulfone groups is 1. The van der Waals surface area contributed by atoms with Gasteiger partial charge in [0.05, 0.1) is 9.79 Å². The van der Waals surface area contributed by atoms with Crippen LogP contribution in [0, 0.1) is 55.4 Å². The fourth-order valence-corrected chi connectivity index (χ4v) is 6.41. The zero-order chi connectivity index (χ0) is 30.1. The summed E-state index contributed by atoms with van der Waals surface area (Å²) in [5.74, 6) is 0.961. The molecule has 0 unspecified atom stereocenters. The molecule has 4 N–H and O–H groups in total. The Balaban J connectivity index is 0.000000222. The van der Waals surface area contributed by atoms with E-state index < -0.39 is 9.84 Å². The molecule has 0 saturated carbocycles. The average Bonchev–Trinajstić information content (AvgIpc) is 2.87. The second-order valence-corrected chi connectivity index (χ2v) is 12.6. The molecule has 0 atom stereocenters. The van der Waals surface area contributed by atoms with Crippen LogP contribution in [0.3, 0.4) is 0 Å². The molecule has 0 aliphatic carbocycles.